The normalized spacial score (nSPS) is 23.6. The molecule has 1 N–H and O–H groups in total. The van der Waals surface area contributed by atoms with Crippen molar-refractivity contribution in [3.63, 3.8) is 0 Å². The number of anilines is 2. The number of halogens is 1. The van der Waals surface area contributed by atoms with Crippen LogP contribution in [0.5, 0.6) is 0 Å². The number of para-hydroxylation sites is 1. The molecule has 0 bridgehead atoms. The lowest BCUT2D eigenvalue weighted by atomic mass is 9.64. The summed E-state index contributed by atoms with van der Waals surface area (Å²) in [6, 6.07) is 26.2. The first kappa shape index (κ1) is 25.5. The number of aryl methyl sites for hydroxylation is 2. The van der Waals surface area contributed by atoms with Crippen LogP contribution in [0.4, 0.5) is 11.4 Å². The first-order valence-corrected chi connectivity index (χ1v) is 14.1. The molecule has 7 rings (SSSR count). The number of hydrogen-bond acceptors (Lipinski definition) is 4. The number of amides is 1. The van der Waals surface area contributed by atoms with E-state index < -0.39 is 23.4 Å². The number of ketones is 2. The van der Waals surface area contributed by atoms with Crippen molar-refractivity contribution < 1.29 is 14.4 Å². The maximum Gasteiger partial charge on any atom is 0.238 e. The Morgan fingerprint density at radius 3 is 2.24 bits per heavy atom. The van der Waals surface area contributed by atoms with Crippen LogP contribution in [0.2, 0.25) is 5.02 Å². The van der Waals surface area contributed by atoms with Crippen molar-refractivity contribution in [1.29, 1.82) is 0 Å². The second-order valence-corrected chi connectivity index (χ2v) is 11.6. The molecule has 1 spiro atoms. The third-order valence-corrected chi connectivity index (χ3v) is 9.06. The van der Waals surface area contributed by atoms with Crippen molar-refractivity contribution in [2.24, 2.45) is 5.92 Å². The number of carbonyl (C=O) groups is 3. The van der Waals surface area contributed by atoms with E-state index in [0.717, 1.165) is 27.9 Å². The average Bonchev–Trinajstić information content (AvgIpc) is 3.45. The molecule has 3 aliphatic rings. The summed E-state index contributed by atoms with van der Waals surface area (Å²) in [5, 5.41) is 3.58. The van der Waals surface area contributed by atoms with Crippen LogP contribution in [0.1, 0.15) is 43.0 Å². The minimum atomic E-state index is -1.33. The first-order valence-electron chi connectivity index (χ1n) is 13.7. The molecule has 1 amide bonds. The Morgan fingerprint density at radius 2 is 1.49 bits per heavy atom. The van der Waals surface area contributed by atoms with Gasteiger partial charge in [-0.05, 0) is 67.4 Å². The zero-order chi connectivity index (χ0) is 28.5. The van der Waals surface area contributed by atoms with E-state index in [0.29, 0.717) is 21.8 Å². The highest BCUT2D eigenvalue weighted by molar-refractivity contribution is 6.30. The molecule has 6 heteroatoms. The Balaban J connectivity index is 1.53. The van der Waals surface area contributed by atoms with E-state index in [4.69, 9.17) is 11.6 Å². The van der Waals surface area contributed by atoms with Crippen LogP contribution < -0.4 is 10.2 Å². The number of nitrogens with one attached hydrogen (secondary N) is 1. The van der Waals surface area contributed by atoms with E-state index in [1.54, 1.807) is 36.4 Å². The van der Waals surface area contributed by atoms with E-state index >= 15 is 0 Å². The van der Waals surface area contributed by atoms with Gasteiger partial charge in [-0.15, -0.1) is 0 Å². The van der Waals surface area contributed by atoms with E-state index in [-0.39, 0.29) is 17.5 Å². The highest BCUT2D eigenvalue weighted by Crippen LogP contribution is 2.58. The molecule has 0 radical (unpaired) electrons. The monoisotopic (exact) mass is 558 g/mol. The molecular formula is C35H27ClN2O3. The molecule has 4 aromatic carbocycles. The molecule has 3 heterocycles. The molecule has 4 atom stereocenters. The lowest BCUT2D eigenvalue weighted by Crippen LogP contribution is -2.51. The lowest BCUT2D eigenvalue weighted by Gasteiger charge is -2.37. The summed E-state index contributed by atoms with van der Waals surface area (Å²) in [4.78, 5) is 45.8. The highest BCUT2D eigenvalue weighted by Gasteiger charge is 2.70. The van der Waals surface area contributed by atoms with Crippen LogP contribution in [0.25, 0.3) is 6.08 Å². The highest BCUT2D eigenvalue weighted by atomic mass is 35.5. The van der Waals surface area contributed by atoms with Crippen LogP contribution in [0, 0.1) is 19.8 Å². The topological polar surface area (TPSA) is 66.5 Å². The smallest absolute Gasteiger partial charge is 0.238 e. The SMILES string of the molecule is Cc1ccc(C(=O)[C@H]2[C@@H](C(=O)c3ccc(Cl)cc3)N3c4ccc(C)cc4C=C[C@@H]3[C@]23C(=O)Nc2ccccc23)cc1. The molecule has 1 saturated heterocycles. The first-order chi connectivity index (χ1) is 19.8. The Bertz CT molecular complexity index is 1780. The van der Waals surface area contributed by atoms with Crippen molar-refractivity contribution >= 4 is 46.5 Å². The van der Waals surface area contributed by atoms with E-state index in [2.05, 4.69) is 11.4 Å². The number of hydrogen-bond donors (Lipinski definition) is 1. The summed E-state index contributed by atoms with van der Waals surface area (Å²) in [7, 11) is 0. The number of benzene rings is 4. The van der Waals surface area contributed by atoms with Gasteiger partial charge >= 0.3 is 0 Å². The van der Waals surface area contributed by atoms with Crippen molar-refractivity contribution in [3.05, 3.63) is 135 Å². The molecule has 41 heavy (non-hydrogen) atoms. The summed E-state index contributed by atoms with van der Waals surface area (Å²) in [5.41, 5.74) is 4.85. The van der Waals surface area contributed by atoms with E-state index in [1.807, 2.05) is 79.4 Å². The summed E-state index contributed by atoms with van der Waals surface area (Å²) < 4.78 is 0. The Morgan fingerprint density at radius 1 is 0.829 bits per heavy atom. The third-order valence-electron chi connectivity index (χ3n) is 8.80. The minimum Gasteiger partial charge on any atom is -0.352 e. The van der Waals surface area contributed by atoms with Crippen molar-refractivity contribution in [1.82, 2.24) is 0 Å². The molecule has 1 fully saturated rings. The molecule has 5 nitrogen and oxygen atoms in total. The molecule has 4 aromatic rings. The zero-order valence-corrected chi connectivity index (χ0v) is 23.4. The van der Waals surface area contributed by atoms with Crippen LogP contribution in [-0.4, -0.2) is 29.6 Å². The fourth-order valence-corrected chi connectivity index (χ4v) is 7.11. The van der Waals surface area contributed by atoms with Crippen LogP contribution in [-0.2, 0) is 10.2 Å². The summed E-state index contributed by atoms with van der Waals surface area (Å²) in [6.07, 6.45) is 4.01. The van der Waals surface area contributed by atoms with Crippen LogP contribution >= 0.6 is 11.6 Å². The van der Waals surface area contributed by atoms with Gasteiger partial charge in [-0.2, -0.15) is 0 Å². The average molecular weight is 559 g/mol. The van der Waals surface area contributed by atoms with Crippen molar-refractivity contribution in [3.8, 4) is 0 Å². The van der Waals surface area contributed by atoms with Gasteiger partial charge in [-0.25, -0.2) is 0 Å². The maximum absolute atomic E-state index is 14.8. The lowest BCUT2D eigenvalue weighted by molar-refractivity contribution is -0.121. The second-order valence-electron chi connectivity index (χ2n) is 11.2. The molecule has 0 aromatic heterocycles. The minimum absolute atomic E-state index is 0.229. The number of rotatable bonds is 4. The molecule has 0 unspecified atom stereocenters. The molecular weight excluding hydrogens is 532 g/mol. The van der Waals surface area contributed by atoms with Crippen molar-refractivity contribution in [2.75, 3.05) is 10.2 Å². The van der Waals surface area contributed by atoms with Gasteiger partial charge in [0.05, 0.1) is 12.0 Å². The number of fused-ring (bicyclic) bond motifs is 6. The van der Waals surface area contributed by atoms with Gasteiger partial charge in [0.25, 0.3) is 0 Å². The Kier molecular flexibility index (Phi) is 5.77. The standard InChI is InChI=1S/C35H27ClN2O3/c1-20-7-10-22(11-8-20)32(39)30-31(33(40)23-12-15-25(36)16-13-23)38-28-17-9-21(2)19-24(28)14-18-29(38)35(30)26-5-3-4-6-27(26)37-34(35)41/h3-19,29-31H,1-2H3,(H,37,41)/t29-,30-,31+,35+/m1/s1. The fourth-order valence-electron chi connectivity index (χ4n) is 6.98. The van der Waals surface area contributed by atoms with Crippen LogP contribution in [0.3, 0.4) is 0 Å². The van der Waals surface area contributed by atoms with Gasteiger partial charge in [0.15, 0.2) is 11.6 Å². The van der Waals surface area contributed by atoms with Gasteiger partial charge in [0, 0.05) is 27.5 Å². The number of Topliss-reactive ketones (excluding diaryl/α,β-unsaturated/α-hetero) is 2. The molecule has 0 aliphatic carbocycles. The Labute approximate surface area is 243 Å². The van der Waals surface area contributed by atoms with Gasteiger partial charge in [0.1, 0.15) is 11.5 Å². The predicted octanol–water partition coefficient (Wildman–Crippen LogP) is 6.81. The molecule has 0 saturated carbocycles. The van der Waals surface area contributed by atoms with Crippen molar-refractivity contribution in [2.45, 2.75) is 31.3 Å². The Hall–Kier alpha value is -4.48. The predicted molar refractivity (Wildman–Crippen MR) is 162 cm³/mol. The molecule has 202 valence electrons. The van der Waals surface area contributed by atoms with E-state index in [9.17, 15) is 14.4 Å². The summed E-state index contributed by atoms with van der Waals surface area (Å²) >= 11 is 6.18. The number of carbonyl (C=O) groups excluding carboxylic acids is 3. The summed E-state index contributed by atoms with van der Waals surface area (Å²) in [5.74, 6) is -1.74. The van der Waals surface area contributed by atoms with Gasteiger partial charge in [0.2, 0.25) is 5.91 Å². The maximum atomic E-state index is 14.8. The van der Waals surface area contributed by atoms with Gasteiger partial charge < -0.3 is 10.2 Å². The van der Waals surface area contributed by atoms with Crippen LogP contribution in [0.15, 0.2) is 97.1 Å². The summed E-state index contributed by atoms with van der Waals surface area (Å²) in [6.45, 7) is 3.98. The number of nitrogens with zero attached hydrogens (tertiary/aromatic N) is 1. The zero-order valence-electron chi connectivity index (χ0n) is 22.6. The van der Waals surface area contributed by atoms with Gasteiger partial charge in [-0.1, -0.05) is 83.4 Å². The fraction of sp³-hybridized carbons (Fsp3) is 0.171. The quantitative estimate of drug-likeness (QED) is 0.279. The third kappa shape index (κ3) is 3.65. The largest absolute Gasteiger partial charge is 0.352 e. The van der Waals surface area contributed by atoms with Gasteiger partial charge in [-0.3, -0.25) is 14.4 Å². The molecule has 3 aliphatic heterocycles. The van der Waals surface area contributed by atoms with E-state index in [1.165, 1.54) is 0 Å². The second kappa shape index (κ2) is 9.28.